The molecule has 2 aromatic carbocycles. The predicted molar refractivity (Wildman–Crippen MR) is 97.8 cm³/mol. The van der Waals surface area contributed by atoms with Crippen LogP contribution in [0.5, 0.6) is 0 Å². The summed E-state index contributed by atoms with van der Waals surface area (Å²) in [6.07, 6.45) is 1.34. The molecule has 0 aromatic heterocycles. The summed E-state index contributed by atoms with van der Waals surface area (Å²) in [5.41, 5.74) is 1.30. The number of guanidine groups is 1. The van der Waals surface area contributed by atoms with Crippen LogP contribution in [0, 0.1) is 0 Å². The van der Waals surface area contributed by atoms with E-state index in [0.29, 0.717) is 0 Å². The maximum Gasteiger partial charge on any atom is 0.193 e. The fourth-order valence-corrected chi connectivity index (χ4v) is 3.00. The predicted octanol–water partition coefficient (Wildman–Crippen LogP) is 2.55. The Balaban J connectivity index is 1.57. The number of nitrogens with one attached hydrogen (secondary N) is 1. The van der Waals surface area contributed by atoms with Gasteiger partial charge in [-0.3, -0.25) is 4.99 Å². The Morgan fingerprint density at radius 2 is 1.96 bits per heavy atom. The van der Waals surface area contributed by atoms with Gasteiger partial charge in [0.2, 0.25) is 0 Å². The SMILES string of the molecule is CN=C(NCCN1CCC1)N(C)Cc1ccc2ccccc2c1. The van der Waals surface area contributed by atoms with Crippen LogP contribution in [0.2, 0.25) is 0 Å². The van der Waals surface area contributed by atoms with Gasteiger partial charge in [-0.2, -0.15) is 0 Å². The molecule has 1 aliphatic heterocycles. The standard InChI is InChI=1S/C19H26N4/c1-20-19(21-10-13-23-11-5-12-23)22(2)15-16-8-9-17-6-3-4-7-18(17)14-16/h3-4,6-9,14H,5,10-13,15H2,1-2H3,(H,20,21). The van der Waals surface area contributed by atoms with Crippen LogP contribution in [0.15, 0.2) is 47.5 Å². The van der Waals surface area contributed by atoms with Crippen molar-refractivity contribution >= 4 is 16.7 Å². The van der Waals surface area contributed by atoms with Crippen molar-refractivity contribution < 1.29 is 0 Å². The van der Waals surface area contributed by atoms with Gasteiger partial charge in [0.05, 0.1) is 0 Å². The third-order valence-corrected chi connectivity index (χ3v) is 4.47. The first-order chi connectivity index (χ1) is 11.3. The Bertz CT molecular complexity index is 676. The number of hydrogen-bond donors (Lipinski definition) is 1. The van der Waals surface area contributed by atoms with E-state index in [-0.39, 0.29) is 0 Å². The van der Waals surface area contributed by atoms with Crippen LogP contribution in [0.3, 0.4) is 0 Å². The van der Waals surface area contributed by atoms with Gasteiger partial charge in [-0.25, -0.2) is 0 Å². The van der Waals surface area contributed by atoms with Crippen LogP contribution in [0.25, 0.3) is 10.8 Å². The maximum atomic E-state index is 4.40. The molecular formula is C19H26N4. The van der Waals surface area contributed by atoms with E-state index in [0.717, 1.165) is 25.6 Å². The maximum absolute atomic E-state index is 4.40. The zero-order valence-corrected chi connectivity index (χ0v) is 14.1. The van der Waals surface area contributed by atoms with E-state index in [2.05, 4.69) is 69.6 Å². The highest BCUT2D eigenvalue weighted by molar-refractivity contribution is 5.83. The molecule has 0 unspecified atom stereocenters. The van der Waals surface area contributed by atoms with E-state index in [1.807, 2.05) is 7.05 Å². The van der Waals surface area contributed by atoms with Crippen molar-refractivity contribution in [2.45, 2.75) is 13.0 Å². The summed E-state index contributed by atoms with van der Waals surface area (Å²) >= 11 is 0. The Morgan fingerprint density at radius 1 is 1.17 bits per heavy atom. The highest BCUT2D eigenvalue weighted by Gasteiger charge is 2.13. The molecule has 1 fully saturated rings. The molecule has 3 rings (SSSR count). The number of aliphatic imine (C=N–C) groups is 1. The fraction of sp³-hybridized carbons (Fsp3) is 0.421. The second-order valence-electron chi connectivity index (χ2n) is 6.21. The van der Waals surface area contributed by atoms with Gasteiger partial charge in [0.25, 0.3) is 0 Å². The topological polar surface area (TPSA) is 30.9 Å². The average Bonchev–Trinajstić information content (AvgIpc) is 2.53. The van der Waals surface area contributed by atoms with E-state index < -0.39 is 0 Å². The number of fused-ring (bicyclic) bond motifs is 1. The van der Waals surface area contributed by atoms with Gasteiger partial charge in [-0.15, -0.1) is 0 Å². The molecule has 23 heavy (non-hydrogen) atoms. The van der Waals surface area contributed by atoms with E-state index in [1.165, 1.54) is 35.8 Å². The van der Waals surface area contributed by atoms with Gasteiger partial charge in [0.1, 0.15) is 0 Å². The Labute approximate surface area is 138 Å². The van der Waals surface area contributed by atoms with Gasteiger partial charge in [-0.1, -0.05) is 36.4 Å². The zero-order valence-electron chi connectivity index (χ0n) is 14.1. The van der Waals surface area contributed by atoms with E-state index in [1.54, 1.807) is 0 Å². The first kappa shape index (κ1) is 15.8. The first-order valence-electron chi connectivity index (χ1n) is 8.38. The molecule has 0 atom stereocenters. The van der Waals surface area contributed by atoms with Crippen molar-refractivity contribution in [2.75, 3.05) is 40.3 Å². The molecule has 0 bridgehead atoms. The highest BCUT2D eigenvalue weighted by Crippen LogP contribution is 2.16. The molecule has 0 saturated carbocycles. The van der Waals surface area contributed by atoms with Gasteiger partial charge in [0, 0.05) is 33.7 Å². The van der Waals surface area contributed by atoms with Crippen molar-refractivity contribution in [3.8, 4) is 0 Å². The molecule has 2 aromatic rings. The quantitative estimate of drug-likeness (QED) is 0.680. The van der Waals surface area contributed by atoms with E-state index >= 15 is 0 Å². The Morgan fingerprint density at radius 3 is 2.65 bits per heavy atom. The minimum absolute atomic E-state index is 0.855. The Kier molecular flexibility index (Phi) is 5.13. The molecule has 0 aliphatic carbocycles. The normalized spacial score (nSPS) is 15.5. The summed E-state index contributed by atoms with van der Waals surface area (Å²) in [5.74, 6) is 0.957. The second-order valence-corrected chi connectivity index (χ2v) is 6.21. The molecule has 1 aliphatic rings. The van der Waals surface area contributed by atoms with Crippen LogP contribution in [0.1, 0.15) is 12.0 Å². The van der Waals surface area contributed by atoms with Crippen molar-refractivity contribution in [3.63, 3.8) is 0 Å². The molecule has 1 heterocycles. The smallest absolute Gasteiger partial charge is 0.193 e. The number of benzene rings is 2. The third kappa shape index (κ3) is 4.02. The summed E-state index contributed by atoms with van der Waals surface area (Å²) < 4.78 is 0. The van der Waals surface area contributed by atoms with Crippen LogP contribution in [-0.4, -0.2) is 56.0 Å². The molecule has 4 heteroatoms. The molecule has 0 radical (unpaired) electrons. The highest BCUT2D eigenvalue weighted by atomic mass is 15.3. The first-order valence-corrected chi connectivity index (χ1v) is 8.38. The lowest BCUT2D eigenvalue weighted by atomic mass is 10.1. The lowest BCUT2D eigenvalue weighted by Gasteiger charge is -2.31. The number of rotatable bonds is 5. The second kappa shape index (κ2) is 7.47. The molecule has 1 N–H and O–H groups in total. The summed E-state index contributed by atoms with van der Waals surface area (Å²) in [4.78, 5) is 9.04. The summed E-state index contributed by atoms with van der Waals surface area (Å²) in [6.45, 7) is 5.40. The van der Waals surface area contributed by atoms with Crippen molar-refractivity contribution in [3.05, 3.63) is 48.0 Å². The van der Waals surface area contributed by atoms with Crippen LogP contribution in [0.4, 0.5) is 0 Å². The molecule has 0 spiro atoms. The summed E-state index contributed by atoms with van der Waals surface area (Å²) in [5, 5.41) is 6.04. The molecular weight excluding hydrogens is 284 g/mol. The summed E-state index contributed by atoms with van der Waals surface area (Å²) in [6, 6.07) is 15.1. The lowest BCUT2D eigenvalue weighted by Crippen LogP contribution is -2.45. The average molecular weight is 310 g/mol. The third-order valence-electron chi connectivity index (χ3n) is 4.47. The van der Waals surface area contributed by atoms with E-state index in [4.69, 9.17) is 0 Å². The van der Waals surface area contributed by atoms with Crippen LogP contribution < -0.4 is 5.32 Å². The minimum atomic E-state index is 0.855. The number of nitrogens with zero attached hydrogens (tertiary/aromatic N) is 3. The lowest BCUT2D eigenvalue weighted by molar-refractivity contribution is 0.184. The van der Waals surface area contributed by atoms with Crippen molar-refractivity contribution in [2.24, 2.45) is 4.99 Å². The largest absolute Gasteiger partial charge is 0.355 e. The van der Waals surface area contributed by atoms with Gasteiger partial charge < -0.3 is 15.1 Å². The van der Waals surface area contributed by atoms with Gasteiger partial charge in [-0.05, 0) is 41.9 Å². The fourth-order valence-electron chi connectivity index (χ4n) is 3.00. The number of hydrogen-bond acceptors (Lipinski definition) is 2. The minimum Gasteiger partial charge on any atom is -0.355 e. The molecule has 1 saturated heterocycles. The molecule has 0 amide bonds. The van der Waals surface area contributed by atoms with Gasteiger partial charge in [0.15, 0.2) is 5.96 Å². The number of likely N-dealkylation sites (tertiary alicyclic amines) is 1. The van der Waals surface area contributed by atoms with Crippen LogP contribution >= 0.6 is 0 Å². The molecule has 4 nitrogen and oxygen atoms in total. The van der Waals surface area contributed by atoms with E-state index in [9.17, 15) is 0 Å². The van der Waals surface area contributed by atoms with Gasteiger partial charge >= 0.3 is 0 Å². The zero-order chi connectivity index (χ0) is 16.1. The van der Waals surface area contributed by atoms with Crippen LogP contribution in [-0.2, 0) is 6.54 Å². The molecule has 122 valence electrons. The summed E-state index contributed by atoms with van der Waals surface area (Å²) in [7, 11) is 3.94. The van der Waals surface area contributed by atoms with Crippen molar-refractivity contribution in [1.29, 1.82) is 0 Å². The Hall–Kier alpha value is -2.07. The van der Waals surface area contributed by atoms with Crippen molar-refractivity contribution in [1.82, 2.24) is 15.1 Å². The monoisotopic (exact) mass is 310 g/mol.